The zero-order valence-electron chi connectivity index (χ0n) is 13.8. The lowest BCUT2D eigenvalue weighted by Gasteiger charge is -2.13. The number of anilines is 1. The maximum atomic E-state index is 12.2. The number of hydrogen-bond acceptors (Lipinski definition) is 4. The second-order valence-corrected chi connectivity index (χ2v) is 7.17. The highest BCUT2D eigenvalue weighted by molar-refractivity contribution is 8.00. The first-order valence-electron chi connectivity index (χ1n) is 7.83. The second-order valence-electron chi connectivity index (χ2n) is 5.73. The Hall–Kier alpha value is -1.88. The molecule has 0 aliphatic rings. The van der Waals surface area contributed by atoms with Crippen LogP contribution >= 0.6 is 11.8 Å². The molecule has 0 spiro atoms. The molecular formula is C18H23N3OS. The first kappa shape index (κ1) is 17.5. The zero-order chi connectivity index (χ0) is 16.7. The Labute approximate surface area is 142 Å². The van der Waals surface area contributed by atoms with E-state index in [4.69, 9.17) is 0 Å². The molecular weight excluding hydrogens is 306 g/mol. The Morgan fingerprint density at radius 3 is 2.52 bits per heavy atom. The monoisotopic (exact) mass is 329 g/mol. The molecule has 0 aliphatic heterocycles. The van der Waals surface area contributed by atoms with E-state index in [9.17, 15) is 4.79 Å². The summed E-state index contributed by atoms with van der Waals surface area (Å²) >= 11 is 1.63. The molecule has 122 valence electrons. The van der Waals surface area contributed by atoms with Gasteiger partial charge in [0.05, 0.1) is 10.9 Å². The lowest BCUT2D eigenvalue weighted by molar-refractivity contribution is -0.115. The summed E-state index contributed by atoms with van der Waals surface area (Å²) in [6.07, 6.45) is 5.94. The van der Waals surface area contributed by atoms with Crippen LogP contribution in [0.1, 0.15) is 37.9 Å². The molecule has 0 fully saturated rings. The van der Waals surface area contributed by atoms with E-state index in [1.54, 1.807) is 30.4 Å². The maximum Gasteiger partial charge on any atom is 0.237 e. The minimum absolute atomic E-state index is 0.0337. The average Bonchev–Trinajstić information content (AvgIpc) is 2.56. The molecule has 5 heteroatoms. The Morgan fingerprint density at radius 1 is 1.17 bits per heavy atom. The minimum Gasteiger partial charge on any atom is -0.325 e. The van der Waals surface area contributed by atoms with Gasteiger partial charge in [-0.25, -0.2) is 0 Å². The predicted molar refractivity (Wildman–Crippen MR) is 96.8 cm³/mol. The molecule has 1 amide bonds. The van der Waals surface area contributed by atoms with Crippen LogP contribution in [0.3, 0.4) is 0 Å². The molecule has 1 atom stereocenters. The number of nitrogens with zero attached hydrogens (tertiary/aromatic N) is 2. The number of amides is 1. The van der Waals surface area contributed by atoms with Crippen molar-refractivity contribution in [1.82, 2.24) is 9.97 Å². The molecule has 2 rings (SSSR count). The number of carbonyl (C=O) groups is 1. The smallest absolute Gasteiger partial charge is 0.237 e. The number of thioether (sulfide) groups is 1. The molecule has 23 heavy (non-hydrogen) atoms. The van der Waals surface area contributed by atoms with Gasteiger partial charge in [0.25, 0.3) is 0 Å². The van der Waals surface area contributed by atoms with Crippen LogP contribution in [0.2, 0.25) is 0 Å². The molecule has 0 aliphatic carbocycles. The Bertz CT molecular complexity index is 614. The van der Waals surface area contributed by atoms with E-state index in [0.717, 1.165) is 23.6 Å². The van der Waals surface area contributed by atoms with Crippen molar-refractivity contribution >= 4 is 23.4 Å². The van der Waals surface area contributed by atoms with Crippen molar-refractivity contribution < 1.29 is 4.79 Å². The molecule has 2 aromatic rings. The number of rotatable bonds is 7. The van der Waals surface area contributed by atoms with Crippen LogP contribution in [-0.4, -0.2) is 26.9 Å². The fourth-order valence-electron chi connectivity index (χ4n) is 2.07. The van der Waals surface area contributed by atoms with Crippen LogP contribution in [-0.2, 0) is 11.2 Å². The Kier molecular flexibility index (Phi) is 6.59. The molecule has 1 aromatic carbocycles. The van der Waals surface area contributed by atoms with E-state index in [1.807, 2.05) is 19.1 Å². The van der Waals surface area contributed by atoms with Gasteiger partial charge in [0.15, 0.2) is 0 Å². The third-order valence-electron chi connectivity index (χ3n) is 3.56. The number of hydrogen-bond donors (Lipinski definition) is 1. The number of benzene rings is 1. The first-order chi connectivity index (χ1) is 11.1. The van der Waals surface area contributed by atoms with E-state index in [0.29, 0.717) is 5.92 Å². The molecule has 0 saturated carbocycles. The van der Waals surface area contributed by atoms with Gasteiger partial charge in [-0.15, -0.1) is 11.8 Å². The summed E-state index contributed by atoms with van der Waals surface area (Å²) < 4.78 is 0. The molecule has 4 nitrogen and oxygen atoms in total. The summed E-state index contributed by atoms with van der Waals surface area (Å²) in [6, 6.07) is 8.05. The van der Waals surface area contributed by atoms with E-state index in [2.05, 4.69) is 41.3 Å². The summed E-state index contributed by atoms with van der Waals surface area (Å²) in [4.78, 5) is 20.5. The normalized spacial score (nSPS) is 12.2. The van der Waals surface area contributed by atoms with Crippen molar-refractivity contribution in [2.24, 2.45) is 0 Å². The lowest BCUT2D eigenvalue weighted by atomic mass is 10.0. The zero-order valence-corrected chi connectivity index (χ0v) is 14.6. The van der Waals surface area contributed by atoms with Crippen LogP contribution in [0, 0.1) is 0 Å². The summed E-state index contributed by atoms with van der Waals surface area (Å²) in [6.45, 7) is 6.24. The topological polar surface area (TPSA) is 54.9 Å². The third-order valence-corrected chi connectivity index (χ3v) is 4.71. The summed E-state index contributed by atoms with van der Waals surface area (Å²) in [5, 5.41) is 2.87. The average molecular weight is 329 g/mol. The lowest BCUT2D eigenvalue weighted by Crippen LogP contribution is -2.23. The highest BCUT2D eigenvalue weighted by Crippen LogP contribution is 2.19. The second kappa shape index (κ2) is 8.67. The molecule has 1 N–H and O–H groups in total. The van der Waals surface area contributed by atoms with Crippen molar-refractivity contribution in [1.29, 1.82) is 0 Å². The van der Waals surface area contributed by atoms with Crippen molar-refractivity contribution in [3.05, 3.63) is 54.1 Å². The van der Waals surface area contributed by atoms with Crippen LogP contribution in [0.25, 0.3) is 0 Å². The largest absolute Gasteiger partial charge is 0.325 e. The first-order valence-corrected chi connectivity index (χ1v) is 8.88. The Balaban J connectivity index is 1.78. The predicted octanol–water partition coefficient (Wildman–Crippen LogP) is 3.90. The van der Waals surface area contributed by atoms with Gasteiger partial charge in [-0.2, -0.15) is 0 Å². The van der Waals surface area contributed by atoms with Gasteiger partial charge in [0, 0.05) is 30.7 Å². The van der Waals surface area contributed by atoms with Gasteiger partial charge in [0.1, 0.15) is 0 Å². The summed E-state index contributed by atoms with van der Waals surface area (Å²) in [5.74, 6) is 1.38. The van der Waals surface area contributed by atoms with Crippen LogP contribution in [0.5, 0.6) is 0 Å². The number of carbonyl (C=O) groups excluding carboxylic acids is 1. The highest BCUT2D eigenvalue weighted by atomic mass is 32.2. The summed E-state index contributed by atoms with van der Waals surface area (Å²) in [5.41, 5.74) is 3.08. The molecule has 1 heterocycles. The van der Waals surface area contributed by atoms with Gasteiger partial charge in [0.2, 0.25) is 5.91 Å². The van der Waals surface area contributed by atoms with E-state index in [1.165, 1.54) is 5.56 Å². The van der Waals surface area contributed by atoms with E-state index < -0.39 is 0 Å². The van der Waals surface area contributed by atoms with Crippen molar-refractivity contribution in [2.75, 3.05) is 11.1 Å². The third kappa shape index (κ3) is 5.67. The molecule has 1 unspecified atom stereocenters. The van der Waals surface area contributed by atoms with Crippen LogP contribution in [0.15, 0.2) is 42.9 Å². The van der Waals surface area contributed by atoms with Crippen LogP contribution in [0.4, 0.5) is 5.69 Å². The van der Waals surface area contributed by atoms with E-state index in [-0.39, 0.29) is 11.2 Å². The number of aromatic nitrogens is 2. The molecule has 0 bridgehead atoms. The number of aryl methyl sites for hydroxylation is 1. The SMILES string of the molecule is CC(SCCc1cnccn1)C(=O)Nc1ccc(C(C)C)cc1. The highest BCUT2D eigenvalue weighted by Gasteiger charge is 2.13. The summed E-state index contributed by atoms with van der Waals surface area (Å²) in [7, 11) is 0. The van der Waals surface area contributed by atoms with Gasteiger partial charge < -0.3 is 5.32 Å². The van der Waals surface area contributed by atoms with E-state index >= 15 is 0 Å². The molecule has 0 saturated heterocycles. The number of nitrogens with one attached hydrogen (secondary N) is 1. The van der Waals surface area contributed by atoms with Gasteiger partial charge >= 0.3 is 0 Å². The maximum absolute atomic E-state index is 12.2. The Morgan fingerprint density at radius 2 is 1.91 bits per heavy atom. The van der Waals surface area contributed by atoms with Crippen molar-refractivity contribution in [3.63, 3.8) is 0 Å². The van der Waals surface area contributed by atoms with Crippen molar-refractivity contribution in [2.45, 2.75) is 38.4 Å². The quantitative estimate of drug-likeness (QED) is 0.837. The fourth-order valence-corrected chi connectivity index (χ4v) is 2.96. The standard InChI is InChI=1S/C18H23N3OS/c1-13(2)15-4-6-16(7-5-15)21-18(22)14(3)23-11-8-17-12-19-9-10-20-17/h4-7,9-10,12-14H,8,11H2,1-3H3,(H,21,22). The van der Waals surface area contributed by atoms with Gasteiger partial charge in [-0.05, 0) is 36.3 Å². The minimum atomic E-state index is -0.101. The molecule has 1 aromatic heterocycles. The van der Waals surface area contributed by atoms with Gasteiger partial charge in [-0.3, -0.25) is 14.8 Å². The van der Waals surface area contributed by atoms with Crippen LogP contribution < -0.4 is 5.32 Å². The van der Waals surface area contributed by atoms with Gasteiger partial charge in [-0.1, -0.05) is 26.0 Å². The van der Waals surface area contributed by atoms with Crippen molar-refractivity contribution in [3.8, 4) is 0 Å². The molecule has 0 radical (unpaired) electrons. The fraction of sp³-hybridized carbons (Fsp3) is 0.389.